The first-order chi connectivity index (χ1) is 7.19. The number of nitrogens with zero attached hydrogens (tertiary/aromatic N) is 2. The minimum absolute atomic E-state index is 0.342. The lowest BCUT2D eigenvalue weighted by atomic mass is 9.82. The molecule has 0 aromatic carbocycles. The van der Waals surface area contributed by atoms with Gasteiger partial charge in [-0.25, -0.2) is 4.98 Å². The lowest BCUT2D eigenvalue weighted by molar-refractivity contribution is 0.308. The molecule has 1 aliphatic rings. The Morgan fingerprint density at radius 2 is 2.27 bits per heavy atom. The van der Waals surface area contributed by atoms with Crippen LogP contribution in [0.4, 0.5) is 5.82 Å². The monoisotopic (exact) mass is 227 g/mol. The Morgan fingerprint density at radius 3 is 2.87 bits per heavy atom. The Labute approximate surface area is 94.0 Å². The molecule has 1 saturated carbocycles. The van der Waals surface area contributed by atoms with Crippen LogP contribution in [0.1, 0.15) is 19.8 Å². The summed E-state index contributed by atoms with van der Waals surface area (Å²) in [6, 6.07) is 0.825. The van der Waals surface area contributed by atoms with E-state index in [4.69, 9.17) is 16.3 Å². The molecule has 0 amide bonds. The highest BCUT2D eigenvalue weighted by Crippen LogP contribution is 2.31. The van der Waals surface area contributed by atoms with Crippen LogP contribution >= 0.6 is 11.6 Å². The van der Waals surface area contributed by atoms with Crippen LogP contribution in [0, 0.1) is 5.92 Å². The van der Waals surface area contributed by atoms with Gasteiger partial charge in [0.15, 0.2) is 5.82 Å². The molecule has 0 unspecified atom stereocenters. The topological polar surface area (TPSA) is 47.0 Å². The number of methoxy groups -OCH3 is 1. The molecule has 0 aliphatic heterocycles. The van der Waals surface area contributed by atoms with Crippen LogP contribution in [-0.2, 0) is 0 Å². The van der Waals surface area contributed by atoms with Gasteiger partial charge in [-0.2, -0.15) is 4.98 Å². The number of anilines is 1. The number of halogens is 1. The molecule has 82 valence electrons. The third-order valence-corrected chi connectivity index (χ3v) is 2.90. The minimum atomic E-state index is 0.342. The quantitative estimate of drug-likeness (QED) is 0.861. The molecule has 1 aromatic heterocycles. The van der Waals surface area contributed by atoms with Gasteiger partial charge in [-0.3, -0.25) is 0 Å². The standard InChI is InChI=1S/C10H14ClN3O/c1-6-3-7(4-6)13-9-8(11)5-12-10(14-9)15-2/h5-7H,3-4H2,1-2H3,(H,12,13,14). The zero-order chi connectivity index (χ0) is 10.8. The van der Waals surface area contributed by atoms with Gasteiger partial charge in [-0.05, 0) is 18.8 Å². The van der Waals surface area contributed by atoms with Gasteiger partial charge in [0, 0.05) is 6.04 Å². The summed E-state index contributed by atoms with van der Waals surface area (Å²) in [6.07, 6.45) is 3.89. The van der Waals surface area contributed by atoms with E-state index in [0.717, 1.165) is 5.92 Å². The largest absolute Gasteiger partial charge is 0.467 e. The van der Waals surface area contributed by atoms with Crippen molar-refractivity contribution in [3.8, 4) is 6.01 Å². The second-order valence-electron chi connectivity index (χ2n) is 3.97. The summed E-state index contributed by atoms with van der Waals surface area (Å²) < 4.78 is 4.94. The number of nitrogens with one attached hydrogen (secondary N) is 1. The maximum absolute atomic E-state index is 5.97. The molecule has 0 radical (unpaired) electrons. The molecule has 2 rings (SSSR count). The average molecular weight is 228 g/mol. The van der Waals surface area contributed by atoms with Gasteiger partial charge in [0.2, 0.25) is 0 Å². The lowest BCUT2D eigenvalue weighted by Crippen LogP contribution is -2.34. The molecule has 0 saturated heterocycles. The first-order valence-electron chi connectivity index (χ1n) is 5.02. The summed E-state index contributed by atoms with van der Waals surface area (Å²) >= 11 is 5.97. The van der Waals surface area contributed by atoms with Gasteiger partial charge in [-0.1, -0.05) is 18.5 Å². The van der Waals surface area contributed by atoms with Crippen molar-refractivity contribution in [2.24, 2.45) is 5.92 Å². The van der Waals surface area contributed by atoms with Crippen molar-refractivity contribution in [2.75, 3.05) is 12.4 Å². The Morgan fingerprint density at radius 1 is 1.53 bits per heavy atom. The molecule has 1 N–H and O–H groups in total. The number of hydrogen-bond donors (Lipinski definition) is 1. The molecule has 1 aliphatic carbocycles. The molecule has 0 bridgehead atoms. The van der Waals surface area contributed by atoms with Crippen LogP contribution in [0.25, 0.3) is 0 Å². The number of ether oxygens (including phenoxy) is 1. The summed E-state index contributed by atoms with van der Waals surface area (Å²) in [7, 11) is 1.54. The van der Waals surface area contributed by atoms with Crippen LogP contribution in [0.2, 0.25) is 5.02 Å². The fourth-order valence-electron chi connectivity index (χ4n) is 1.76. The van der Waals surface area contributed by atoms with E-state index in [0.29, 0.717) is 22.9 Å². The summed E-state index contributed by atoms with van der Waals surface area (Å²) in [6.45, 7) is 2.24. The van der Waals surface area contributed by atoms with Crippen molar-refractivity contribution in [1.82, 2.24) is 9.97 Å². The van der Waals surface area contributed by atoms with Crippen molar-refractivity contribution >= 4 is 17.4 Å². The van der Waals surface area contributed by atoms with E-state index in [-0.39, 0.29) is 0 Å². The summed E-state index contributed by atoms with van der Waals surface area (Å²) in [4.78, 5) is 8.08. The second-order valence-corrected chi connectivity index (χ2v) is 4.38. The van der Waals surface area contributed by atoms with E-state index >= 15 is 0 Å². The lowest BCUT2D eigenvalue weighted by Gasteiger charge is -2.33. The molecular weight excluding hydrogens is 214 g/mol. The number of aromatic nitrogens is 2. The zero-order valence-electron chi connectivity index (χ0n) is 8.83. The molecule has 5 heteroatoms. The Hall–Kier alpha value is -1.03. The highest BCUT2D eigenvalue weighted by Gasteiger charge is 2.26. The van der Waals surface area contributed by atoms with Gasteiger partial charge in [-0.15, -0.1) is 0 Å². The van der Waals surface area contributed by atoms with E-state index in [1.807, 2.05) is 0 Å². The molecule has 0 atom stereocenters. The van der Waals surface area contributed by atoms with E-state index in [1.54, 1.807) is 13.3 Å². The predicted octanol–water partition coefficient (Wildman–Crippen LogP) is 2.35. The molecule has 0 spiro atoms. The van der Waals surface area contributed by atoms with Gasteiger partial charge in [0.25, 0.3) is 0 Å². The zero-order valence-corrected chi connectivity index (χ0v) is 9.58. The van der Waals surface area contributed by atoms with Crippen LogP contribution in [0.3, 0.4) is 0 Å². The van der Waals surface area contributed by atoms with Crippen molar-refractivity contribution < 1.29 is 4.74 Å². The highest BCUT2D eigenvalue weighted by molar-refractivity contribution is 6.32. The van der Waals surface area contributed by atoms with Crippen molar-refractivity contribution in [3.63, 3.8) is 0 Å². The van der Waals surface area contributed by atoms with Gasteiger partial charge >= 0.3 is 6.01 Å². The van der Waals surface area contributed by atoms with Crippen LogP contribution in [0.15, 0.2) is 6.20 Å². The maximum atomic E-state index is 5.97. The summed E-state index contributed by atoms with van der Waals surface area (Å²) in [5, 5.41) is 3.83. The minimum Gasteiger partial charge on any atom is -0.467 e. The molecule has 1 heterocycles. The predicted molar refractivity (Wildman–Crippen MR) is 59.4 cm³/mol. The van der Waals surface area contributed by atoms with E-state index < -0.39 is 0 Å². The third kappa shape index (κ3) is 2.31. The first kappa shape index (κ1) is 10.5. The normalized spacial score (nSPS) is 24.5. The molecular formula is C10H14ClN3O. The fraction of sp³-hybridized carbons (Fsp3) is 0.600. The van der Waals surface area contributed by atoms with Crippen LogP contribution < -0.4 is 10.1 Å². The maximum Gasteiger partial charge on any atom is 0.318 e. The van der Waals surface area contributed by atoms with Gasteiger partial charge in [0.05, 0.1) is 13.3 Å². The average Bonchev–Trinajstić information content (AvgIpc) is 2.19. The SMILES string of the molecule is COc1ncc(Cl)c(NC2CC(C)C2)n1. The third-order valence-electron chi connectivity index (χ3n) is 2.62. The molecule has 1 aromatic rings. The molecule has 15 heavy (non-hydrogen) atoms. The number of hydrogen-bond acceptors (Lipinski definition) is 4. The Kier molecular flexibility index (Phi) is 2.95. The van der Waals surface area contributed by atoms with E-state index in [2.05, 4.69) is 22.2 Å². The van der Waals surface area contributed by atoms with Gasteiger partial charge < -0.3 is 10.1 Å². The van der Waals surface area contributed by atoms with Crippen LogP contribution in [-0.4, -0.2) is 23.1 Å². The van der Waals surface area contributed by atoms with Gasteiger partial charge in [0.1, 0.15) is 5.02 Å². The molecule has 1 fully saturated rings. The highest BCUT2D eigenvalue weighted by atomic mass is 35.5. The van der Waals surface area contributed by atoms with Crippen molar-refractivity contribution in [2.45, 2.75) is 25.8 Å². The van der Waals surface area contributed by atoms with Crippen molar-refractivity contribution in [3.05, 3.63) is 11.2 Å². The number of rotatable bonds is 3. The van der Waals surface area contributed by atoms with Crippen molar-refractivity contribution in [1.29, 1.82) is 0 Å². The first-order valence-corrected chi connectivity index (χ1v) is 5.40. The fourth-order valence-corrected chi connectivity index (χ4v) is 1.91. The summed E-state index contributed by atoms with van der Waals surface area (Å²) in [5.41, 5.74) is 0. The Balaban J connectivity index is 2.06. The molecule has 4 nitrogen and oxygen atoms in total. The van der Waals surface area contributed by atoms with E-state index in [9.17, 15) is 0 Å². The van der Waals surface area contributed by atoms with E-state index in [1.165, 1.54) is 12.8 Å². The smallest absolute Gasteiger partial charge is 0.318 e. The summed E-state index contributed by atoms with van der Waals surface area (Å²) in [5.74, 6) is 1.46. The Bertz CT molecular complexity index is 353. The second kappa shape index (κ2) is 4.23. The van der Waals surface area contributed by atoms with Crippen LogP contribution in [0.5, 0.6) is 6.01 Å².